The monoisotopic (exact) mass is 334 g/mol. The first-order valence-corrected chi connectivity index (χ1v) is 7.63. The zero-order chi connectivity index (χ0) is 16.1. The number of nitrogens with two attached hydrogens (primary N) is 1. The molecule has 22 heavy (non-hydrogen) atoms. The number of carbonyl (C=O) groups excluding carboxylic acids is 1. The second kappa shape index (κ2) is 7.22. The summed E-state index contributed by atoms with van der Waals surface area (Å²) < 4.78 is 5.76. The van der Waals surface area contributed by atoms with Crippen molar-refractivity contribution in [2.75, 3.05) is 0 Å². The smallest absolute Gasteiger partial charge is 0.339 e. The van der Waals surface area contributed by atoms with E-state index in [1.54, 1.807) is 19.1 Å². The molecule has 2 amide bonds. The van der Waals surface area contributed by atoms with Gasteiger partial charge in [0.15, 0.2) is 5.75 Å². The van der Waals surface area contributed by atoms with E-state index in [9.17, 15) is 10.0 Å². The Morgan fingerprint density at radius 3 is 2.95 bits per heavy atom. The molecule has 2 aromatic rings. The average Bonchev–Trinajstić information content (AvgIpc) is 2.91. The van der Waals surface area contributed by atoms with Crippen LogP contribution in [0.4, 0.5) is 4.79 Å². The van der Waals surface area contributed by atoms with Gasteiger partial charge in [-0.05, 0) is 42.5 Å². The van der Waals surface area contributed by atoms with Gasteiger partial charge < -0.3 is 10.5 Å². The van der Waals surface area contributed by atoms with Crippen molar-refractivity contribution in [1.29, 1.82) is 0 Å². The summed E-state index contributed by atoms with van der Waals surface area (Å²) in [5, 5.41) is 11.6. The van der Waals surface area contributed by atoms with Crippen molar-refractivity contribution in [3.8, 4) is 23.3 Å². The van der Waals surface area contributed by atoms with Crippen molar-refractivity contribution in [2.24, 2.45) is 5.73 Å². The molecule has 7 heteroatoms. The zero-order valence-electron chi connectivity index (χ0n) is 11.7. The third-order valence-electron chi connectivity index (χ3n) is 2.66. The molecule has 114 valence electrons. The number of amides is 2. The maximum absolute atomic E-state index is 10.8. The quantitative estimate of drug-likeness (QED) is 0.349. The van der Waals surface area contributed by atoms with E-state index in [4.69, 9.17) is 10.5 Å². The van der Waals surface area contributed by atoms with E-state index in [-0.39, 0.29) is 0 Å². The minimum absolute atomic E-state index is 0.380. The normalized spacial score (nSPS) is 11.2. The molecule has 0 saturated carbocycles. The van der Waals surface area contributed by atoms with E-state index in [1.807, 2.05) is 23.6 Å². The number of hydroxylamine groups is 2. The lowest BCUT2D eigenvalue weighted by atomic mass is 10.3. The Labute approximate surface area is 137 Å². The Hall–Kier alpha value is -2.14. The third kappa shape index (κ3) is 4.18. The number of hydrogen-bond acceptors (Lipinski definition) is 5. The van der Waals surface area contributed by atoms with Crippen molar-refractivity contribution in [1.82, 2.24) is 5.06 Å². The number of thiol groups is 1. The summed E-state index contributed by atoms with van der Waals surface area (Å²) in [6.07, 6.45) is 0. The van der Waals surface area contributed by atoms with Crippen molar-refractivity contribution in [3.05, 3.63) is 40.6 Å². The summed E-state index contributed by atoms with van der Waals surface area (Å²) in [6, 6.07) is 7.45. The second-order valence-electron chi connectivity index (χ2n) is 4.34. The molecule has 0 aliphatic heterocycles. The molecule has 1 aromatic carbocycles. The van der Waals surface area contributed by atoms with Gasteiger partial charge in [0.1, 0.15) is 16.7 Å². The lowest BCUT2D eigenvalue weighted by molar-refractivity contribution is -0.0536. The van der Waals surface area contributed by atoms with Crippen molar-refractivity contribution >= 4 is 30.0 Å². The summed E-state index contributed by atoms with van der Waals surface area (Å²) in [5.74, 6) is 6.88. The fourth-order valence-corrected chi connectivity index (χ4v) is 2.45. The predicted molar refractivity (Wildman–Crippen MR) is 87.6 cm³/mol. The molecule has 1 aromatic heterocycles. The number of hydrogen-bond donors (Lipinski definition) is 3. The molecule has 0 aliphatic carbocycles. The number of ether oxygens (including phenoxy) is 1. The number of urea groups is 1. The molecular formula is C15H14N2O3S2. The lowest BCUT2D eigenvalue weighted by Gasteiger charge is -2.14. The number of primary amides is 1. The minimum atomic E-state index is -0.949. The molecule has 0 bridgehead atoms. The number of thiophene rings is 1. The zero-order valence-corrected chi connectivity index (χ0v) is 13.4. The van der Waals surface area contributed by atoms with E-state index in [2.05, 4.69) is 24.5 Å². The molecule has 3 N–H and O–H groups in total. The maximum atomic E-state index is 10.8. The first-order valence-electron chi connectivity index (χ1n) is 6.31. The maximum Gasteiger partial charge on any atom is 0.339 e. The van der Waals surface area contributed by atoms with Gasteiger partial charge in [-0.3, -0.25) is 5.21 Å². The number of rotatable bonds is 3. The van der Waals surface area contributed by atoms with Crippen molar-refractivity contribution in [3.63, 3.8) is 0 Å². The Morgan fingerprint density at radius 2 is 2.27 bits per heavy atom. The van der Waals surface area contributed by atoms with Crippen LogP contribution in [0.1, 0.15) is 11.8 Å². The molecule has 0 radical (unpaired) electrons. The Balaban J connectivity index is 2.15. The van der Waals surface area contributed by atoms with E-state index in [0.717, 1.165) is 4.90 Å². The summed E-state index contributed by atoms with van der Waals surface area (Å²) in [4.78, 5) is 12.3. The molecular weight excluding hydrogens is 320 g/mol. The van der Waals surface area contributed by atoms with Gasteiger partial charge in [-0.1, -0.05) is 12.0 Å². The van der Waals surface area contributed by atoms with Gasteiger partial charge in [-0.15, -0.1) is 24.0 Å². The molecule has 1 heterocycles. The van der Waals surface area contributed by atoms with Crippen LogP contribution in [0.25, 0.3) is 0 Å². The Bertz CT molecular complexity index is 734. The van der Waals surface area contributed by atoms with Crippen LogP contribution in [0, 0.1) is 11.8 Å². The highest BCUT2D eigenvalue weighted by atomic mass is 32.1. The van der Waals surface area contributed by atoms with Crippen LogP contribution in [0.3, 0.4) is 0 Å². The highest BCUT2D eigenvalue weighted by molar-refractivity contribution is 7.80. The number of nitrogens with zero attached hydrogens (tertiary/aromatic N) is 1. The van der Waals surface area contributed by atoms with Gasteiger partial charge in [0.2, 0.25) is 0 Å². The molecule has 1 unspecified atom stereocenters. The largest absolute Gasteiger partial charge is 0.455 e. The van der Waals surface area contributed by atoms with Crippen LogP contribution in [-0.2, 0) is 0 Å². The molecule has 0 aliphatic rings. The van der Waals surface area contributed by atoms with Crippen LogP contribution in [0.5, 0.6) is 11.5 Å². The average molecular weight is 334 g/mol. The predicted octanol–water partition coefficient (Wildman–Crippen LogP) is 3.34. The van der Waals surface area contributed by atoms with Crippen LogP contribution in [-0.4, -0.2) is 22.3 Å². The summed E-state index contributed by atoms with van der Waals surface area (Å²) >= 11 is 5.66. The van der Waals surface area contributed by atoms with Crippen molar-refractivity contribution < 1.29 is 14.7 Å². The SMILES string of the molecule is CC(C#Cc1sccc1Oc1cccc(S)c1)N(O)C(N)=O. The first kappa shape index (κ1) is 16.2. The van der Waals surface area contributed by atoms with Gasteiger partial charge >= 0.3 is 6.03 Å². The van der Waals surface area contributed by atoms with Gasteiger partial charge in [0.25, 0.3) is 0 Å². The van der Waals surface area contributed by atoms with E-state index >= 15 is 0 Å². The highest BCUT2D eigenvalue weighted by Gasteiger charge is 2.12. The first-order chi connectivity index (χ1) is 10.5. The van der Waals surface area contributed by atoms with Crippen molar-refractivity contribution in [2.45, 2.75) is 17.9 Å². The van der Waals surface area contributed by atoms with E-state index in [0.29, 0.717) is 21.4 Å². The molecule has 0 saturated heterocycles. The summed E-state index contributed by atoms with van der Waals surface area (Å²) in [6.45, 7) is 1.57. The van der Waals surface area contributed by atoms with Crippen LogP contribution < -0.4 is 10.5 Å². The third-order valence-corrected chi connectivity index (χ3v) is 3.75. The fourth-order valence-electron chi connectivity index (χ4n) is 1.57. The van der Waals surface area contributed by atoms with Gasteiger partial charge in [-0.25, -0.2) is 4.79 Å². The van der Waals surface area contributed by atoms with Gasteiger partial charge in [0, 0.05) is 4.90 Å². The van der Waals surface area contributed by atoms with Gasteiger partial charge in [-0.2, -0.15) is 5.06 Å². The van der Waals surface area contributed by atoms with Crippen LogP contribution in [0.15, 0.2) is 40.6 Å². The fraction of sp³-hybridized carbons (Fsp3) is 0.133. The molecule has 0 fully saturated rings. The lowest BCUT2D eigenvalue weighted by Crippen LogP contribution is -2.38. The number of benzene rings is 1. The second-order valence-corrected chi connectivity index (χ2v) is 5.77. The minimum Gasteiger partial charge on any atom is -0.455 e. The molecule has 2 rings (SSSR count). The van der Waals surface area contributed by atoms with Gasteiger partial charge in [0.05, 0.1) is 0 Å². The Morgan fingerprint density at radius 1 is 1.50 bits per heavy atom. The van der Waals surface area contributed by atoms with Crippen LogP contribution >= 0.6 is 24.0 Å². The molecule has 0 spiro atoms. The topological polar surface area (TPSA) is 75.8 Å². The molecule has 5 nitrogen and oxygen atoms in total. The van der Waals surface area contributed by atoms with E-state index in [1.165, 1.54) is 11.3 Å². The van der Waals surface area contributed by atoms with E-state index < -0.39 is 12.1 Å². The Kier molecular flexibility index (Phi) is 5.33. The molecule has 1 atom stereocenters. The summed E-state index contributed by atoms with van der Waals surface area (Å²) in [5.41, 5.74) is 4.97. The highest BCUT2D eigenvalue weighted by Crippen LogP contribution is 2.29. The standard InChI is InChI=1S/C15H14N2O3S2/c1-10(17(19)15(16)18)5-6-14-13(7-8-22-14)20-11-3-2-4-12(21)9-11/h2-4,7-10,19,21H,1H3,(H2,16,18). The number of carbonyl (C=O) groups is 1. The van der Waals surface area contributed by atoms with Crippen LogP contribution in [0.2, 0.25) is 0 Å². The summed E-state index contributed by atoms with van der Waals surface area (Å²) in [7, 11) is 0.